The number of para-hydroxylation sites is 1. The second-order valence-corrected chi connectivity index (χ2v) is 5.83. The van der Waals surface area contributed by atoms with Gasteiger partial charge in [0.25, 0.3) is 5.91 Å². The number of amides is 1. The molecule has 0 saturated carbocycles. The SMILES string of the molecule is CSc1ccccc1NC(=O)c1c(-c2ccccc2)noc1C. The van der Waals surface area contributed by atoms with Crippen LogP contribution in [0.5, 0.6) is 0 Å². The van der Waals surface area contributed by atoms with E-state index < -0.39 is 0 Å². The second-order valence-electron chi connectivity index (χ2n) is 4.98. The van der Waals surface area contributed by atoms with Crippen molar-refractivity contribution in [2.24, 2.45) is 0 Å². The summed E-state index contributed by atoms with van der Waals surface area (Å²) >= 11 is 1.59. The lowest BCUT2D eigenvalue weighted by Gasteiger charge is -2.09. The molecule has 4 nitrogen and oxygen atoms in total. The molecule has 0 aliphatic heterocycles. The summed E-state index contributed by atoms with van der Waals surface area (Å²) in [6.07, 6.45) is 1.98. The first kappa shape index (κ1) is 15.4. The van der Waals surface area contributed by atoms with E-state index in [-0.39, 0.29) is 5.91 Å². The van der Waals surface area contributed by atoms with Gasteiger partial charge in [0.05, 0.1) is 5.69 Å². The average Bonchev–Trinajstić information content (AvgIpc) is 2.98. The molecule has 0 aliphatic rings. The van der Waals surface area contributed by atoms with Gasteiger partial charge in [-0.25, -0.2) is 0 Å². The summed E-state index contributed by atoms with van der Waals surface area (Å²) < 4.78 is 5.25. The molecule has 1 aromatic heterocycles. The van der Waals surface area contributed by atoms with Crippen molar-refractivity contribution in [3.05, 3.63) is 65.9 Å². The number of carbonyl (C=O) groups excluding carboxylic acids is 1. The van der Waals surface area contributed by atoms with Crippen LogP contribution in [-0.2, 0) is 0 Å². The Bertz CT molecular complexity index is 828. The van der Waals surface area contributed by atoms with Gasteiger partial charge in [0.15, 0.2) is 0 Å². The van der Waals surface area contributed by atoms with Crippen molar-refractivity contribution in [1.82, 2.24) is 5.16 Å². The zero-order valence-corrected chi connectivity index (χ0v) is 13.7. The van der Waals surface area contributed by atoms with Gasteiger partial charge in [0.1, 0.15) is 17.0 Å². The number of nitrogens with zero attached hydrogens (tertiary/aromatic N) is 1. The van der Waals surface area contributed by atoms with Crippen LogP contribution in [0, 0.1) is 6.92 Å². The minimum atomic E-state index is -0.218. The smallest absolute Gasteiger partial charge is 0.261 e. The van der Waals surface area contributed by atoms with Crippen LogP contribution in [0.25, 0.3) is 11.3 Å². The number of nitrogens with one attached hydrogen (secondary N) is 1. The van der Waals surface area contributed by atoms with Crippen molar-refractivity contribution in [2.45, 2.75) is 11.8 Å². The van der Waals surface area contributed by atoms with E-state index in [1.807, 2.05) is 60.9 Å². The minimum Gasteiger partial charge on any atom is -0.360 e. The van der Waals surface area contributed by atoms with Crippen LogP contribution in [-0.4, -0.2) is 17.3 Å². The lowest BCUT2D eigenvalue weighted by molar-refractivity contribution is 0.102. The fraction of sp³-hybridized carbons (Fsp3) is 0.111. The highest BCUT2D eigenvalue weighted by Gasteiger charge is 2.22. The predicted molar refractivity (Wildman–Crippen MR) is 92.9 cm³/mol. The summed E-state index contributed by atoms with van der Waals surface area (Å²) in [7, 11) is 0. The Balaban J connectivity index is 1.96. The first-order valence-corrected chi connectivity index (χ1v) is 8.39. The van der Waals surface area contributed by atoms with Crippen LogP contribution in [0.2, 0.25) is 0 Å². The number of thioether (sulfide) groups is 1. The van der Waals surface area contributed by atoms with E-state index in [1.54, 1.807) is 18.7 Å². The molecule has 116 valence electrons. The molecule has 0 spiro atoms. The van der Waals surface area contributed by atoms with E-state index in [0.717, 1.165) is 16.1 Å². The van der Waals surface area contributed by atoms with Crippen LogP contribution in [0.3, 0.4) is 0 Å². The topological polar surface area (TPSA) is 55.1 Å². The zero-order chi connectivity index (χ0) is 16.2. The molecule has 0 bridgehead atoms. The van der Waals surface area contributed by atoms with Crippen molar-refractivity contribution < 1.29 is 9.32 Å². The van der Waals surface area contributed by atoms with Gasteiger partial charge < -0.3 is 9.84 Å². The van der Waals surface area contributed by atoms with Crippen LogP contribution in [0.1, 0.15) is 16.1 Å². The highest BCUT2D eigenvalue weighted by molar-refractivity contribution is 7.98. The molecule has 0 fully saturated rings. The van der Waals surface area contributed by atoms with Gasteiger partial charge in [0.2, 0.25) is 0 Å². The number of benzene rings is 2. The van der Waals surface area contributed by atoms with Crippen molar-refractivity contribution in [2.75, 3.05) is 11.6 Å². The van der Waals surface area contributed by atoms with E-state index in [4.69, 9.17) is 4.52 Å². The molecule has 1 heterocycles. The van der Waals surface area contributed by atoms with E-state index in [0.29, 0.717) is 17.0 Å². The minimum absolute atomic E-state index is 0.218. The number of aryl methyl sites for hydroxylation is 1. The molecule has 1 N–H and O–H groups in total. The molecule has 2 aromatic carbocycles. The molecule has 5 heteroatoms. The Morgan fingerprint density at radius 1 is 1.09 bits per heavy atom. The lowest BCUT2D eigenvalue weighted by Crippen LogP contribution is -2.14. The maximum Gasteiger partial charge on any atom is 0.261 e. The maximum absolute atomic E-state index is 12.7. The van der Waals surface area contributed by atoms with Crippen molar-refractivity contribution in [3.63, 3.8) is 0 Å². The normalized spacial score (nSPS) is 10.5. The summed E-state index contributed by atoms with van der Waals surface area (Å²) in [6.45, 7) is 1.74. The highest BCUT2D eigenvalue weighted by atomic mass is 32.2. The van der Waals surface area contributed by atoms with Crippen LogP contribution < -0.4 is 5.32 Å². The molecule has 3 rings (SSSR count). The Hall–Kier alpha value is -2.53. The van der Waals surface area contributed by atoms with Crippen LogP contribution in [0.15, 0.2) is 64.0 Å². The molecule has 0 unspecified atom stereocenters. The summed E-state index contributed by atoms with van der Waals surface area (Å²) in [6, 6.07) is 17.2. The van der Waals surface area contributed by atoms with Gasteiger partial charge in [-0.15, -0.1) is 11.8 Å². The van der Waals surface area contributed by atoms with E-state index in [1.165, 1.54) is 0 Å². The fourth-order valence-corrected chi connectivity index (χ4v) is 2.92. The number of hydrogen-bond acceptors (Lipinski definition) is 4. The van der Waals surface area contributed by atoms with Crippen LogP contribution >= 0.6 is 11.8 Å². The standard InChI is InChI=1S/C18H16N2O2S/c1-12-16(17(20-22-12)13-8-4-3-5-9-13)18(21)19-14-10-6-7-11-15(14)23-2/h3-11H,1-2H3,(H,19,21). The number of hydrogen-bond donors (Lipinski definition) is 1. The largest absolute Gasteiger partial charge is 0.360 e. The Morgan fingerprint density at radius 3 is 2.52 bits per heavy atom. The zero-order valence-electron chi connectivity index (χ0n) is 12.9. The van der Waals surface area contributed by atoms with Crippen LogP contribution in [0.4, 0.5) is 5.69 Å². The summed E-state index contributed by atoms with van der Waals surface area (Å²) in [4.78, 5) is 13.7. The quantitative estimate of drug-likeness (QED) is 0.711. The molecule has 0 aliphatic carbocycles. The van der Waals surface area contributed by atoms with Gasteiger partial charge in [-0.2, -0.15) is 0 Å². The second kappa shape index (κ2) is 6.71. The first-order chi connectivity index (χ1) is 11.2. The number of aromatic nitrogens is 1. The van der Waals surface area contributed by atoms with Crippen molar-refractivity contribution in [3.8, 4) is 11.3 Å². The van der Waals surface area contributed by atoms with E-state index in [9.17, 15) is 4.79 Å². The summed E-state index contributed by atoms with van der Waals surface area (Å²) in [5, 5.41) is 7.01. The van der Waals surface area contributed by atoms with Crippen molar-refractivity contribution in [1.29, 1.82) is 0 Å². The van der Waals surface area contributed by atoms with Gasteiger partial charge in [-0.1, -0.05) is 47.6 Å². The summed E-state index contributed by atoms with van der Waals surface area (Å²) in [5.74, 6) is 0.284. The Labute approximate surface area is 138 Å². The predicted octanol–water partition coefficient (Wildman–Crippen LogP) is 4.62. The molecule has 1 amide bonds. The maximum atomic E-state index is 12.7. The fourth-order valence-electron chi connectivity index (χ4n) is 2.37. The molecule has 0 radical (unpaired) electrons. The molecule has 23 heavy (non-hydrogen) atoms. The molecule has 3 aromatic rings. The number of anilines is 1. The van der Waals surface area contributed by atoms with Gasteiger partial charge >= 0.3 is 0 Å². The highest BCUT2D eigenvalue weighted by Crippen LogP contribution is 2.28. The summed E-state index contributed by atoms with van der Waals surface area (Å²) in [5.41, 5.74) is 2.66. The Morgan fingerprint density at radius 2 is 1.78 bits per heavy atom. The third-order valence-corrected chi connectivity index (χ3v) is 4.29. The first-order valence-electron chi connectivity index (χ1n) is 7.16. The third-order valence-electron chi connectivity index (χ3n) is 3.49. The molecular formula is C18H16N2O2S. The number of carbonyl (C=O) groups is 1. The molecule has 0 atom stereocenters. The molecular weight excluding hydrogens is 308 g/mol. The molecule has 0 saturated heterocycles. The lowest BCUT2D eigenvalue weighted by atomic mass is 10.1. The van der Waals surface area contributed by atoms with Gasteiger partial charge in [-0.3, -0.25) is 4.79 Å². The van der Waals surface area contributed by atoms with Gasteiger partial charge in [0, 0.05) is 10.5 Å². The average molecular weight is 324 g/mol. The Kier molecular flexibility index (Phi) is 4.48. The van der Waals surface area contributed by atoms with Crippen molar-refractivity contribution >= 4 is 23.4 Å². The van der Waals surface area contributed by atoms with E-state index >= 15 is 0 Å². The monoisotopic (exact) mass is 324 g/mol. The van der Waals surface area contributed by atoms with E-state index in [2.05, 4.69) is 10.5 Å². The third kappa shape index (κ3) is 3.14. The van der Waals surface area contributed by atoms with Gasteiger partial charge in [-0.05, 0) is 25.3 Å². The number of rotatable bonds is 4.